The quantitative estimate of drug-likeness (QED) is 0.773. The predicted octanol–water partition coefficient (Wildman–Crippen LogP) is 3.61. The Morgan fingerprint density at radius 1 is 0.600 bits per heavy atom. The number of phenols is 1. The summed E-state index contributed by atoms with van der Waals surface area (Å²) in [5, 5.41) is 10.0. The van der Waals surface area contributed by atoms with Crippen molar-refractivity contribution in [3.63, 3.8) is 0 Å². The summed E-state index contributed by atoms with van der Waals surface area (Å²) in [5.74, 6) is 2.42. The minimum Gasteiger partial charge on any atom is -0.504 e. The van der Waals surface area contributed by atoms with Crippen LogP contribution in [0.15, 0.2) is 24.3 Å². The van der Waals surface area contributed by atoms with Gasteiger partial charge in [-0.15, -0.1) is 0 Å². The third-order valence-electron chi connectivity index (χ3n) is 3.64. The maximum atomic E-state index is 10.0. The van der Waals surface area contributed by atoms with Gasteiger partial charge in [0.15, 0.2) is 23.0 Å². The van der Waals surface area contributed by atoms with Crippen molar-refractivity contribution >= 4 is 12.2 Å². The van der Waals surface area contributed by atoms with E-state index in [0.29, 0.717) is 28.7 Å². The molecule has 0 aliphatic heterocycles. The van der Waals surface area contributed by atoms with E-state index < -0.39 is 0 Å². The third kappa shape index (κ3) is 3.91. The molecule has 0 fully saturated rings. The van der Waals surface area contributed by atoms with Gasteiger partial charge in [-0.1, -0.05) is 12.2 Å². The van der Waals surface area contributed by atoms with Gasteiger partial charge in [0.2, 0.25) is 11.5 Å². The lowest BCUT2D eigenvalue weighted by atomic mass is 10.1. The molecule has 0 saturated carbocycles. The van der Waals surface area contributed by atoms with Crippen molar-refractivity contribution in [1.29, 1.82) is 0 Å². The molecule has 0 unspecified atom stereocenters. The maximum Gasteiger partial charge on any atom is 0.203 e. The molecule has 0 aromatic heterocycles. The third-order valence-corrected chi connectivity index (χ3v) is 3.64. The molecule has 2 aromatic rings. The van der Waals surface area contributed by atoms with E-state index >= 15 is 0 Å². The molecular weight excluding hydrogens is 324 g/mol. The Kier molecular flexibility index (Phi) is 6.00. The number of rotatable bonds is 7. The summed E-state index contributed by atoms with van der Waals surface area (Å²) in [6, 6.07) is 7.03. The van der Waals surface area contributed by atoms with Gasteiger partial charge < -0.3 is 28.8 Å². The molecule has 6 heteroatoms. The highest BCUT2D eigenvalue weighted by Crippen LogP contribution is 2.40. The highest BCUT2D eigenvalue weighted by atomic mass is 16.5. The highest BCUT2D eigenvalue weighted by molar-refractivity contribution is 5.74. The van der Waals surface area contributed by atoms with Crippen LogP contribution in [0.3, 0.4) is 0 Å². The fourth-order valence-corrected chi connectivity index (χ4v) is 2.45. The Morgan fingerprint density at radius 2 is 1.00 bits per heavy atom. The van der Waals surface area contributed by atoms with E-state index in [9.17, 15) is 5.11 Å². The average molecular weight is 346 g/mol. The van der Waals surface area contributed by atoms with E-state index in [1.807, 2.05) is 24.3 Å². The van der Waals surface area contributed by atoms with Gasteiger partial charge >= 0.3 is 0 Å². The molecule has 2 rings (SSSR count). The molecule has 134 valence electrons. The fraction of sp³-hybridized carbons (Fsp3) is 0.263. The van der Waals surface area contributed by atoms with Gasteiger partial charge in [0.1, 0.15) is 0 Å². The van der Waals surface area contributed by atoms with Gasteiger partial charge in [0, 0.05) is 0 Å². The summed E-state index contributed by atoms with van der Waals surface area (Å²) >= 11 is 0. The van der Waals surface area contributed by atoms with Crippen LogP contribution in [-0.4, -0.2) is 40.7 Å². The van der Waals surface area contributed by atoms with Gasteiger partial charge in [-0.25, -0.2) is 0 Å². The van der Waals surface area contributed by atoms with Crippen LogP contribution in [0.25, 0.3) is 12.2 Å². The molecule has 0 heterocycles. The van der Waals surface area contributed by atoms with Crippen molar-refractivity contribution in [2.45, 2.75) is 0 Å². The second kappa shape index (κ2) is 8.19. The number of hydrogen-bond acceptors (Lipinski definition) is 6. The van der Waals surface area contributed by atoms with Crippen molar-refractivity contribution in [3.05, 3.63) is 35.4 Å². The van der Waals surface area contributed by atoms with Crippen LogP contribution in [0.2, 0.25) is 0 Å². The van der Waals surface area contributed by atoms with E-state index in [-0.39, 0.29) is 5.75 Å². The molecule has 0 atom stereocenters. The molecule has 0 radical (unpaired) electrons. The molecule has 0 amide bonds. The Hall–Kier alpha value is -3.02. The summed E-state index contributed by atoms with van der Waals surface area (Å²) in [7, 11) is 7.68. The molecule has 0 bridgehead atoms. The highest BCUT2D eigenvalue weighted by Gasteiger charge is 2.13. The van der Waals surface area contributed by atoms with E-state index in [4.69, 9.17) is 23.7 Å². The van der Waals surface area contributed by atoms with Gasteiger partial charge in [0.05, 0.1) is 35.5 Å². The van der Waals surface area contributed by atoms with Crippen molar-refractivity contribution in [3.8, 4) is 34.5 Å². The lowest BCUT2D eigenvalue weighted by molar-refractivity contribution is 0.324. The monoisotopic (exact) mass is 346 g/mol. The molecule has 1 N–H and O–H groups in total. The van der Waals surface area contributed by atoms with Crippen molar-refractivity contribution in [2.24, 2.45) is 0 Å². The van der Waals surface area contributed by atoms with E-state index in [2.05, 4.69) is 0 Å². The lowest BCUT2D eigenvalue weighted by Crippen LogP contribution is -1.95. The Bertz CT molecular complexity index is 742. The number of hydrogen-bond donors (Lipinski definition) is 1. The topological polar surface area (TPSA) is 66.4 Å². The molecule has 2 aromatic carbocycles. The Balaban J connectivity index is 2.41. The SMILES string of the molecule is COc1cc(C=Cc2cc(OC)c(OC)c(OC)c2)cc(O)c1OC. The predicted molar refractivity (Wildman–Crippen MR) is 96.2 cm³/mol. The first kappa shape index (κ1) is 18.3. The van der Waals surface area contributed by atoms with Crippen LogP contribution >= 0.6 is 0 Å². The van der Waals surface area contributed by atoms with Crippen molar-refractivity contribution in [2.75, 3.05) is 35.5 Å². The number of ether oxygens (including phenoxy) is 5. The molecular formula is C19H22O6. The molecule has 0 saturated heterocycles. The van der Waals surface area contributed by atoms with Crippen LogP contribution in [0.4, 0.5) is 0 Å². The van der Waals surface area contributed by atoms with Gasteiger partial charge in [0.25, 0.3) is 0 Å². The second-order valence-electron chi connectivity index (χ2n) is 5.07. The van der Waals surface area contributed by atoms with E-state index in [1.54, 1.807) is 33.5 Å². The smallest absolute Gasteiger partial charge is 0.203 e. The van der Waals surface area contributed by atoms with Crippen molar-refractivity contribution in [1.82, 2.24) is 0 Å². The van der Waals surface area contributed by atoms with Crippen LogP contribution < -0.4 is 23.7 Å². The molecule has 0 aliphatic rings. The van der Waals surface area contributed by atoms with Crippen LogP contribution in [0.5, 0.6) is 34.5 Å². The summed E-state index contributed by atoms with van der Waals surface area (Å²) in [4.78, 5) is 0. The van der Waals surface area contributed by atoms with Crippen molar-refractivity contribution < 1.29 is 28.8 Å². The zero-order valence-corrected chi connectivity index (χ0v) is 15.0. The van der Waals surface area contributed by atoms with E-state index in [1.165, 1.54) is 14.2 Å². The standard InChI is InChI=1S/C19H22O6/c1-21-15-9-12(8-14(20)18(15)24-4)6-7-13-10-16(22-2)19(25-5)17(11-13)23-3/h6-11,20H,1-5H3. The zero-order chi connectivity index (χ0) is 18.4. The molecule has 0 spiro atoms. The first-order chi connectivity index (χ1) is 12.1. The van der Waals surface area contributed by atoms with Gasteiger partial charge in [-0.3, -0.25) is 0 Å². The Labute approximate surface area is 147 Å². The summed E-state index contributed by atoms with van der Waals surface area (Å²) < 4.78 is 26.4. The van der Waals surface area contributed by atoms with Crippen LogP contribution in [0, 0.1) is 0 Å². The Morgan fingerprint density at radius 3 is 1.40 bits per heavy atom. The van der Waals surface area contributed by atoms with Crippen LogP contribution in [0.1, 0.15) is 11.1 Å². The van der Waals surface area contributed by atoms with Crippen LogP contribution in [-0.2, 0) is 0 Å². The zero-order valence-electron chi connectivity index (χ0n) is 15.0. The van der Waals surface area contributed by atoms with Gasteiger partial charge in [-0.2, -0.15) is 0 Å². The summed E-state index contributed by atoms with van der Waals surface area (Å²) in [6.45, 7) is 0. The lowest BCUT2D eigenvalue weighted by Gasteiger charge is -2.13. The number of methoxy groups -OCH3 is 5. The molecule has 0 aliphatic carbocycles. The second-order valence-corrected chi connectivity index (χ2v) is 5.07. The first-order valence-electron chi connectivity index (χ1n) is 7.51. The number of benzene rings is 2. The largest absolute Gasteiger partial charge is 0.504 e. The summed E-state index contributed by atoms with van der Waals surface area (Å²) in [5.41, 5.74) is 1.60. The first-order valence-corrected chi connectivity index (χ1v) is 7.51. The minimum atomic E-state index is 0.00592. The van der Waals surface area contributed by atoms with Gasteiger partial charge in [-0.05, 0) is 35.4 Å². The average Bonchev–Trinajstić information content (AvgIpc) is 2.64. The maximum absolute atomic E-state index is 10.0. The minimum absolute atomic E-state index is 0.00592. The number of aromatic hydroxyl groups is 1. The van der Waals surface area contributed by atoms with E-state index in [0.717, 1.165) is 11.1 Å². The normalized spacial score (nSPS) is 10.6. The fourth-order valence-electron chi connectivity index (χ4n) is 2.45. The number of phenolic OH excluding ortho intramolecular Hbond substituents is 1. The molecule has 6 nitrogen and oxygen atoms in total. The summed E-state index contributed by atoms with van der Waals surface area (Å²) in [6.07, 6.45) is 3.70. The molecule has 25 heavy (non-hydrogen) atoms.